The molecule has 1 aromatic rings. The van der Waals surface area contributed by atoms with E-state index in [9.17, 15) is 9.59 Å². The summed E-state index contributed by atoms with van der Waals surface area (Å²) in [5.74, 6) is -1.07. The van der Waals surface area contributed by atoms with E-state index in [4.69, 9.17) is 0 Å². The average Bonchev–Trinajstić information content (AvgIpc) is 2.69. The lowest BCUT2D eigenvalue weighted by Gasteiger charge is -2.27. The van der Waals surface area contributed by atoms with Crippen LogP contribution in [0.4, 0.5) is 5.69 Å². The molecule has 5 heteroatoms. The van der Waals surface area contributed by atoms with Gasteiger partial charge in [0.2, 0.25) is 0 Å². The Morgan fingerprint density at radius 3 is 2.52 bits per heavy atom. The van der Waals surface area contributed by atoms with Gasteiger partial charge in [-0.25, -0.2) is 0 Å². The first kappa shape index (κ1) is 19.5. The topological polar surface area (TPSA) is 61.4 Å². The second kappa shape index (κ2) is 9.58. The highest BCUT2D eigenvalue weighted by Crippen LogP contribution is 2.26. The van der Waals surface area contributed by atoms with Crippen molar-refractivity contribution in [2.45, 2.75) is 51.4 Å². The van der Waals surface area contributed by atoms with Crippen molar-refractivity contribution in [1.29, 1.82) is 0 Å². The molecule has 2 N–H and O–H groups in total. The number of hydrogen-bond donors (Lipinski definition) is 2. The molecular weight excluding hydrogens is 338 g/mol. The smallest absolute Gasteiger partial charge is 0.309 e. The Hall–Kier alpha value is -2.30. The standard InChI is InChI=1S/C22H31N3O2/c1-25-15-5-8-19-16-18(9-10-20(19)25)12-14-24-22(27)21(26)23-13-11-17-6-3-2-4-7-17/h6,9-10,16H,2-5,7-8,11-15H2,1H3,(H,23,26)(H,24,27). The quantitative estimate of drug-likeness (QED) is 0.599. The number of benzene rings is 1. The molecule has 3 rings (SSSR count). The Kier molecular flexibility index (Phi) is 6.91. The zero-order chi connectivity index (χ0) is 19.1. The maximum absolute atomic E-state index is 11.9. The van der Waals surface area contributed by atoms with Crippen LogP contribution in [0.3, 0.4) is 0 Å². The number of rotatable bonds is 6. The zero-order valence-electron chi connectivity index (χ0n) is 16.4. The predicted octanol–water partition coefficient (Wildman–Crippen LogP) is 2.73. The van der Waals surface area contributed by atoms with Crippen molar-refractivity contribution < 1.29 is 9.59 Å². The first-order valence-corrected chi connectivity index (χ1v) is 10.2. The van der Waals surface area contributed by atoms with Gasteiger partial charge in [0.25, 0.3) is 0 Å². The molecule has 1 aromatic carbocycles. The van der Waals surface area contributed by atoms with E-state index in [1.54, 1.807) is 0 Å². The third-order valence-corrected chi connectivity index (χ3v) is 5.52. The van der Waals surface area contributed by atoms with Gasteiger partial charge in [-0.2, -0.15) is 0 Å². The van der Waals surface area contributed by atoms with Crippen molar-refractivity contribution >= 4 is 17.5 Å². The van der Waals surface area contributed by atoms with E-state index in [2.05, 4.69) is 46.9 Å². The molecular formula is C22H31N3O2. The fourth-order valence-electron chi connectivity index (χ4n) is 3.94. The molecule has 2 amide bonds. The van der Waals surface area contributed by atoms with Crippen molar-refractivity contribution in [1.82, 2.24) is 10.6 Å². The minimum Gasteiger partial charge on any atom is -0.374 e. The van der Waals surface area contributed by atoms with Crippen molar-refractivity contribution in [3.05, 3.63) is 41.0 Å². The van der Waals surface area contributed by atoms with Crippen LogP contribution in [0.1, 0.15) is 49.7 Å². The molecule has 146 valence electrons. The average molecular weight is 370 g/mol. The molecule has 0 bridgehead atoms. The number of hydrogen-bond acceptors (Lipinski definition) is 3. The van der Waals surface area contributed by atoms with E-state index in [0.29, 0.717) is 13.1 Å². The second-order valence-electron chi connectivity index (χ2n) is 7.61. The molecule has 0 aromatic heterocycles. The minimum absolute atomic E-state index is 0.478. The molecule has 0 saturated heterocycles. The van der Waals surface area contributed by atoms with Gasteiger partial charge in [-0.3, -0.25) is 9.59 Å². The summed E-state index contributed by atoms with van der Waals surface area (Å²) >= 11 is 0. The van der Waals surface area contributed by atoms with Crippen LogP contribution in [0.2, 0.25) is 0 Å². The van der Waals surface area contributed by atoms with Gasteiger partial charge in [-0.1, -0.05) is 23.8 Å². The van der Waals surface area contributed by atoms with Crippen LogP contribution in [-0.4, -0.2) is 38.5 Å². The lowest BCUT2D eigenvalue weighted by molar-refractivity contribution is -0.139. The molecule has 1 aliphatic heterocycles. The van der Waals surface area contributed by atoms with Gasteiger partial charge < -0.3 is 15.5 Å². The highest BCUT2D eigenvalue weighted by Gasteiger charge is 2.15. The molecule has 1 heterocycles. The van der Waals surface area contributed by atoms with Gasteiger partial charge in [0.15, 0.2) is 0 Å². The summed E-state index contributed by atoms with van der Waals surface area (Å²) < 4.78 is 0. The Balaban J connectivity index is 1.37. The molecule has 0 unspecified atom stereocenters. The van der Waals surface area contributed by atoms with E-state index < -0.39 is 11.8 Å². The number of fused-ring (bicyclic) bond motifs is 1. The summed E-state index contributed by atoms with van der Waals surface area (Å²) in [5, 5.41) is 5.46. The van der Waals surface area contributed by atoms with Crippen LogP contribution >= 0.6 is 0 Å². The van der Waals surface area contributed by atoms with E-state index in [-0.39, 0.29) is 0 Å². The summed E-state index contributed by atoms with van der Waals surface area (Å²) in [5.41, 5.74) is 5.29. The van der Waals surface area contributed by atoms with Gasteiger partial charge in [-0.05, 0) is 68.6 Å². The Bertz CT molecular complexity index is 712. The summed E-state index contributed by atoms with van der Waals surface area (Å²) in [6, 6.07) is 6.51. The molecule has 2 aliphatic rings. The van der Waals surface area contributed by atoms with E-state index in [1.807, 2.05) is 0 Å². The fraction of sp³-hybridized carbons (Fsp3) is 0.545. The molecule has 0 atom stereocenters. The maximum Gasteiger partial charge on any atom is 0.309 e. The second-order valence-corrected chi connectivity index (χ2v) is 7.61. The van der Waals surface area contributed by atoms with E-state index in [1.165, 1.54) is 41.6 Å². The van der Waals surface area contributed by atoms with Gasteiger partial charge in [0.1, 0.15) is 0 Å². The van der Waals surface area contributed by atoms with Crippen LogP contribution in [0.15, 0.2) is 29.8 Å². The fourth-order valence-corrected chi connectivity index (χ4v) is 3.94. The van der Waals surface area contributed by atoms with Gasteiger partial charge in [-0.15, -0.1) is 0 Å². The molecule has 27 heavy (non-hydrogen) atoms. The van der Waals surface area contributed by atoms with Crippen LogP contribution < -0.4 is 15.5 Å². The molecule has 0 radical (unpaired) electrons. The lowest BCUT2D eigenvalue weighted by atomic mass is 9.97. The van der Waals surface area contributed by atoms with Gasteiger partial charge in [0.05, 0.1) is 0 Å². The number of nitrogens with zero attached hydrogens (tertiary/aromatic N) is 1. The van der Waals surface area contributed by atoms with Crippen LogP contribution in [0, 0.1) is 0 Å². The first-order chi connectivity index (χ1) is 13.1. The highest BCUT2D eigenvalue weighted by atomic mass is 16.2. The Labute approximate surface area is 162 Å². The summed E-state index contributed by atoms with van der Waals surface area (Å²) in [6.45, 7) is 2.12. The summed E-state index contributed by atoms with van der Waals surface area (Å²) in [6.07, 6.45) is 10.9. The molecule has 0 saturated carbocycles. The van der Waals surface area contributed by atoms with Crippen LogP contribution in [0.5, 0.6) is 0 Å². The van der Waals surface area contributed by atoms with E-state index in [0.717, 1.165) is 38.6 Å². The van der Waals surface area contributed by atoms with Crippen LogP contribution in [0.25, 0.3) is 0 Å². The number of carbonyl (C=O) groups excluding carboxylic acids is 2. The number of nitrogens with one attached hydrogen (secondary N) is 2. The third-order valence-electron chi connectivity index (χ3n) is 5.52. The SMILES string of the molecule is CN1CCCc2cc(CCNC(=O)C(=O)NCCC3=CCCCC3)ccc21. The number of carbonyl (C=O) groups is 2. The summed E-state index contributed by atoms with van der Waals surface area (Å²) in [4.78, 5) is 26.1. The van der Waals surface area contributed by atoms with Crippen molar-refractivity contribution in [3.63, 3.8) is 0 Å². The van der Waals surface area contributed by atoms with Crippen LogP contribution in [-0.2, 0) is 22.4 Å². The third kappa shape index (κ3) is 5.59. The van der Waals surface area contributed by atoms with Gasteiger partial charge in [0, 0.05) is 32.4 Å². The maximum atomic E-state index is 11.9. The highest BCUT2D eigenvalue weighted by molar-refractivity contribution is 6.35. The van der Waals surface area contributed by atoms with E-state index >= 15 is 0 Å². The minimum atomic E-state index is -0.537. The Morgan fingerprint density at radius 2 is 1.78 bits per heavy atom. The van der Waals surface area contributed by atoms with Crippen molar-refractivity contribution in [2.75, 3.05) is 31.6 Å². The molecule has 0 spiro atoms. The number of allylic oxidation sites excluding steroid dienone is 1. The van der Waals surface area contributed by atoms with Crippen molar-refractivity contribution in [3.8, 4) is 0 Å². The Morgan fingerprint density at radius 1 is 1.00 bits per heavy atom. The molecule has 1 aliphatic carbocycles. The predicted molar refractivity (Wildman–Crippen MR) is 109 cm³/mol. The normalized spacial score (nSPS) is 16.3. The number of anilines is 1. The summed E-state index contributed by atoms with van der Waals surface area (Å²) in [7, 11) is 2.13. The van der Waals surface area contributed by atoms with Gasteiger partial charge >= 0.3 is 11.8 Å². The molecule has 0 fully saturated rings. The number of amides is 2. The number of aryl methyl sites for hydroxylation is 1. The largest absolute Gasteiger partial charge is 0.374 e. The molecule has 5 nitrogen and oxygen atoms in total. The first-order valence-electron chi connectivity index (χ1n) is 10.2. The lowest BCUT2D eigenvalue weighted by Crippen LogP contribution is -2.41. The zero-order valence-corrected chi connectivity index (χ0v) is 16.4. The van der Waals surface area contributed by atoms with Crippen molar-refractivity contribution in [2.24, 2.45) is 0 Å². The monoisotopic (exact) mass is 369 g/mol.